The van der Waals surface area contributed by atoms with Gasteiger partial charge in [0.15, 0.2) is 11.5 Å². The van der Waals surface area contributed by atoms with Crippen LogP contribution in [0.1, 0.15) is 43.7 Å². The van der Waals surface area contributed by atoms with E-state index in [9.17, 15) is 10.2 Å². The Balaban J connectivity index is 1.63. The Morgan fingerprint density at radius 3 is 2.40 bits per heavy atom. The van der Waals surface area contributed by atoms with E-state index in [0.29, 0.717) is 12.1 Å². The number of hydrogen-bond donors (Lipinski definition) is 2. The molecule has 1 aliphatic heterocycles. The summed E-state index contributed by atoms with van der Waals surface area (Å²) < 4.78 is 0. The molecule has 1 aliphatic rings. The van der Waals surface area contributed by atoms with Crippen molar-refractivity contribution >= 4 is 0 Å². The number of aromatic hydroxyl groups is 2. The van der Waals surface area contributed by atoms with Gasteiger partial charge < -0.3 is 10.2 Å². The highest BCUT2D eigenvalue weighted by Gasteiger charge is 2.32. The minimum atomic E-state index is -0.0404. The van der Waals surface area contributed by atoms with Crippen molar-refractivity contribution in [2.75, 3.05) is 6.54 Å². The molecule has 0 bridgehead atoms. The molecule has 1 heterocycles. The predicted octanol–water partition coefficient (Wildman–Crippen LogP) is 4.52. The molecule has 2 unspecified atom stereocenters. The molecule has 0 saturated carbocycles. The van der Waals surface area contributed by atoms with Crippen molar-refractivity contribution in [1.29, 1.82) is 0 Å². The molecule has 0 aromatic heterocycles. The summed E-state index contributed by atoms with van der Waals surface area (Å²) in [6, 6.07) is 17.2. The first-order chi connectivity index (χ1) is 12.2. The van der Waals surface area contributed by atoms with Gasteiger partial charge in [0.2, 0.25) is 0 Å². The van der Waals surface area contributed by atoms with Crippen LogP contribution in [0.15, 0.2) is 48.5 Å². The van der Waals surface area contributed by atoms with E-state index in [-0.39, 0.29) is 11.5 Å². The van der Waals surface area contributed by atoms with Gasteiger partial charge in [-0.2, -0.15) is 0 Å². The van der Waals surface area contributed by atoms with Gasteiger partial charge in [-0.1, -0.05) is 43.3 Å². The van der Waals surface area contributed by atoms with Crippen LogP contribution in [0.5, 0.6) is 11.5 Å². The van der Waals surface area contributed by atoms with Crippen molar-refractivity contribution < 1.29 is 10.2 Å². The Kier molecular flexibility index (Phi) is 5.98. The largest absolute Gasteiger partial charge is 0.504 e. The van der Waals surface area contributed by atoms with Crippen molar-refractivity contribution in [3.05, 3.63) is 59.7 Å². The zero-order valence-corrected chi connectivity index (χ0v) is 15.1. The van der Waals surface area contributed by atoms with Gasteiger partial charge in [-0.25, -0.2) is 0 Å². The molecule has 2 aromatic rings. The summed E-state index contributed by atoms with van der Waals surface area (Å²) in [7, 11) is 0. The molecule has 25 heavy (non-hydrogen) atoms. The van der Waals surface area contributed by atoms with Crippen molar-refractivity contribution in [3.8, 4) is 11.5 Å². The fraction of sp³-hybridized carbons (Fsp3) is 0.455. The number of phenolic OH excluding ortho intramolecular Hbond substituents is 2. The highest BCUT2D eigenvalue weighted by Crippen LogP contribution is 2.32. The van der Waals surface area contributed by atoms with Crippen LogP contribution >= 0.6 is 0 Å². The van der Waals surface area contributed by atoms with Gasteiger partial charge in [0.1, 0.15) is 0 Å². The maximum atomic E-state index is 9.74. The lowest BCUT2D eigenvalue weighted by Crippen LogP contribution is -2.38. The van der Waals surface area contributed by atoms with Crippen LogP contribution in [0.4, 0.5) is 0 Å². The van der Waals surface area contributed by atoms with Crippen molar-refractivity contribution in [2.45, 2.75) is 57.5 Å². The molecule has 2 atom stereocenters. The van der Waals surface area contributed by atoms with Crippen LogP contribution < -0.4 is 0 Å². The number of phenols is 2. The average Bonchev–Trinajstić information content (AvgIpc) is 2.99. The summed E-state index contributed by atoms with van der Waals surface area (Å²) in [5, 5.41) is 19.2. The van der Waals surface area contributed by atoms with E-state index in [0.717, 1.165) is 24.9 Å². The molecule has 134 valence electrons. The van der Waals surface area contributed by atoms with Crippen LogP contribution in [0, 0.1) is 0 Å². The van der Waals surface area contributed by atoms with E-state index in [4.69, 9.17) is 0 Å². The average molecular weight is 339 g/mol. The fourth-order valence-corrected chi connectivity index (χ4v) is 4.11. The van der Waals surface area contributed by atoms with Crippen LogP contribution in [-0.4, -0.2) is 33.7 Å². The maximum absolute atomic E-state index is 9.74. The first-order valence-corrected chi connectivity index (χ1v) is 9.48. The molecule has 2 N–H and O–H groups in total. The molecule has 0 amide bonds. The first-order valence-electron chi connectivity index (χ1n) is 9.48. The second-order valence-electron chi connectivity index (χ2n) is 7.17. The molecular formula is C22H29NO2. The number of rotatable bonds is 7. The summed E-state index contributed by atoms with van der Waals surface area (Å²) in [5.74, 6) is -0.0560. The van der Waals surface area contributed by atoms with E-state index in [1.165, 1.54) is 31.2 Å². The minimum Gasteiger partial charge on any atom is -0.504 e. The Hall–Kier alpha value is -2.00. The Bertz CT molecular complexity index is 671. The van der Waals surface area contributed by atoms with Gasteiger partial charge in [-0.05, 0) is 68.3 Å². The molecule has 0 spiro atoms. The van der Waals surface area contributed by atoms with Gasteiger partial charge in [-0.15, -0.1) is 0 Å². The maximum Gasteiger partial charge on any atom is 0.157 e. The monoisotopic (exact) mass is 339 g/mol. The molecule has 0 aliphatic carbocycles. The summed E-state index contributed by atoms with van der Waals surface area (Å²) in [5.41, 5.74) is 2.52. The summed E-state index contributed by atoms with van der Waals surface area (Å²) in [4.78, 5) is 2.67. The Morgan fingerprint density at radius 2 is 1.68 bits per heavy atom. The molecular weight excluding hydrogens is 310 g/mol. The summed E-state index contributed by atoms with van der Waals surface area (Å²) in [6.45, 7) is 3.38. The van der Waals surface area contributed by atoms with Gasteiger partial charge >= 0.3 is 0 Å². The highest BCUT2D eigenvalue weighted by atomic mass is 16.3. The molecule has 1 saturated heterocycles. The molecule has 1 fully saturated rings. The zero-order chi connectivity index (χ0) is 17.6. The van der Waals surface area contributed by atoms with Crippen LogP contribution in [0.25, 0.3) is 0 Å². The lowest BCUT2D eigenvalue weighted by atomic mass is 10.0. The fourth-order valence-electron chi connectivity index (χ4n) is 4.11. The van der Waals surface area contributed by atoms with Crippen molar-refractivity contribution in [3.63, 3.8) is 0 Å². The van der Waals surface area contributed by atoms with Crippen LogP contribution in [-0.2, 0) is 12.8 Å². The third-order valence-electron chi connectivity index (χ3n) is 5.37. The lowest BCUT2D eigenvalue weighted by molar-refractivity contribution is 0.184. The smallest absolute Gasteiger partial charge is 0.157 e. The van der Waals surface area contributed by atoms with Crippen molar-refractivity contribution in [1.82, 2.24) is 4.90 Å². The Morgan fingerprint density at radius 1 is 0.920 bits per heavy atom. The third-order valence-corrected chi connectivity index (χ3v) is 5.37. The number of likely N-dealkylation sites (tertiary alicyclic amines) is 1. The normalized spacial score (nSPS) is 20.8. The SMILES string of the molecule is CCCN1C(CCc2ccccc2)CCC1Cc1ccc(O)c(O)c1. The van der Waals surface area contributed by atoms with Gasteiger partial charge in [0, 0.05) is 12.1 Å². The van der Waals surface area contributed by atoms with Crippen molar-refractivity contribution in [2.24, 2.45) is 0 Å². The standard InChI is InChI=1S/C22H29NO2/c1-2-14-23-19(10-8-17-6-4-3-5-7-17)11-12-20(23)15-18-9-13-21(24)22(25)16-18/h3-7,9,13,16,19-20,24-25H,2,8,10-12,14-15H2,1H3. The van der Waals surface area contributed by atoms with E-state index >= 15 is 0 Å². The first kappa shape index (κ1) is 17.8. The minimum absolute atomic E-state index is 0.0156. The highest BCUT2D eigenvalue weighted by molar-refractivity contribution is 5.40. The third kappa shape index (κ3) is 4.55. The van der Waals surface area contributed by atoms with Crippen LogP contribution in [0.2, 0.25) is 0 Å². The summed E-state index contributed by atoms with van der Waals surface area (Å²) in [6.07, 6.45) is 6.91. The van der Waals surface area contributed by atoms with E-state index in [1.807, 2.05) is 6.07 Å². The van der Waals surface area contributed by atoms with Gasteiger partial charge in [0.05, 0.1) is 0 Å². The molecule has 0 radical (unpaired) electrons. The Labute approximate surface area is 150 Å². The molecule has 3 heteroatoms. The van der Waals surface area contributed by atoms with E-state index in [2.05, 4.69) is 42.2 Å². The second-order valence-corrected chi connectivity index (χ2v) is 7.17. The second kappa shape index (κ2) is 8.39. The van der Waals surface area contributed by atoms with E-state index < -0.39 is 0 Å². The number of benzene rings is 2. The number of hydrogen-bond acceptors (Lipinski definition) is 3. The lowest BCUT2D eigenvalue weighted by Gasteiger charge is -2.30. The molecule has 3 rings (SSSR count). The zero-order valence-electron chi connectivity index (χ0n) is 15.1. The molecule has 3 nitrogen and oxygen atoms in total. The summed E-state index contributed by atoms with van der Waals surface area (Å²) >= 11 is 0. The molecule has 2 aromatic carbocycles. The van der Waals surface area contributed by atoms with E-state index in [1.54, 1.807) is 12.1 Å². The quantitative estimate of drug-likeness (QED) is 0.729. The topological polar surface area (TPSA) is 43.7 Å². The number of aryl methyl sites for hydroxylation is 1. The van der Waals surface area contributed by atoms with Crippen LogP contribution in [0.3, 0.4) is 0 Å². The van der Waals surface area contributed by atoms with Gasteiger partial charge in [0.25, 0.3) is 0 Å². The van der Waals surface area contributed by atoms with Gasteiger partial charge in [-0.3, -0.25) is 4.90 Å². The number of nitrogens with zero attached hydrogens (tertiary/aromatic N) is 1. The predicted molar refractivity (Wildman–Crippen MR) is 102 cm³/mol.